The van der Waals surface area contributed by atoms with Gasteiger partial charge in [-0.25, -0.2) is 0 Å². The molecule has 3 rings (SSSR count). The maximum absolute atomic E-state index is 11.8. The number of nitrogens with one attached hydrogen (secondary N) is 1. The third-order valence-corrected chi connectivity index (χ3v) is 5.72. The van der Waals surface area contributed by atoms with Gasteiger partial charge in [-0.1, -0.05) is 0 Å². The standard InChI is InChI=1S/C17H24N2O2S/c20-17(4-3-16-2-1-10-21-16)18-12-14-5-8-19(9-6-14)15-7-11-22-13-15/h1-4,10,14-15H,5-9,11-13H2,(H,18,20)/b4-3+/t15-/m0/s1. The summed E-state index contributed by atoms with van der Waals surface area (Å²) >= 11 is 2.08. The van der Waals surface area contributed by atoms with Gasteiger partial charge in [0.2, 0.25) is 5.91 Å². The molecule has 0 saturated carbocycles. The molecule has 0 bridgehead atoms. The average molecular weight is 320 g/mol. The summed E-state index contributed by atoms with van der Waals surface area (Å²) in [7, 11) is 0. The monoisotopic (exact) mass is 320 g/mol. The van der Waals surface area contributed by atoms with Crippen LogP contribution in [0.25, 0.3) is 6.08 Å². The number of piperidine rings is 1. The second kappa shape index (κ2) is 7.88. The Morgan fingerprint density at radius 1 is 1.41 bits per heavy atom. The molecule has 3 heterocycles. The lowest BCUT2D eigenvalue weighted by molar-refractivity contribution is -0.116. The van der Waals surface area contributed by atoms with Gasteiger partial charge in [0.05, 0.1) is 6.26 Å². The molecule has 1 amide bonds. The molecule has 22 heavy (non-hydrogen) atoms. The summed E-state index contributed by atoms with van der Waals surface area (Å²) in [5.74, 6) is 3.91. The Labute approximate surface area is 136 Å². The summed E-state index contributed by atoms with van der Waals surface area (Å²) in [5, 5.41) is 3.01. The number of hydrogen-bond acceptors (Lipinski definition) is 4. The molecule has 2 fully saturated rings. The molecular formula is C17H24N2O2S. The normalized spacial score (nSPS) is 24.1. The fraction of sp³-hybridized carbons (Fsp3) is 0.588. The molecule has 0 aliphatic carbocycles. The minimum absolute atomic E-state index is 0.0361. The lowest BCUT2D eigenvalue weighted by Crippen LogP contribution is -2.43. The molecule has 0 aromatic carbocycles. The van der Waals surface area contributed by atoms with Crippen LogP contribution < -0.4 is 5.32 Å². The van der Waals surface area contributed by atoms with Crippen molar-refractivity contribution in [3.8, 4) is 0 Å². The SMILES string of the molecule is O=C(/C=C/c1ccco1)NCC1CCN([C@H]2CCSC2)CC1. The summed E-state index contributed by atoms with van der Waals surface area (Å²) < 4.78 is 5.16. The van der Waals surface area contributed by atoms with Crippen LogP contribution in [0.4, 0.5) is 0 Å². The van der Waals surface area contributed by atoms with Crippen LogP contribution in [-0.2, 0) is 4.79 Å². The van der Waals surface area contributed by atoms with Crippen LogP contribution in [0.1, 0.15) is 25.0 Å². The highest BCUT2D eigenvalue weighted by Gasteiger charge is 2.27. The minimum atomic E-state index is -0.0361. The van der Waals surface area contributed by atoms with E-state index < -0.39 is 0 Å². The topological polar surface area (TPSA) is 45.5 Å². The van der Waals surface area contributed by atoms with Crippen molar-refractivity contribution in [2.24, 2.45) is 5.92 Å². The van der Waals surface area contributed by atoms with Crippen molar-refractivity contribution < 1.29 is 9.21 Å². The summed E-state index contributed by atoms with van der Waals surface area (Å²) in [6.07, 6.45) is 8.60. The van der Waals surface area contributed by atoms with Gasteiger partial charge in [0.15, 0.2) is 0 Å². The minimum Gasteiger partial charge on any atom is -0.465 e. The lowest BCUT2D eigenvalue weighted by atomic mass is 9.95. The Morgan fingerprint density at radius 2 is 2.27 bits per heavy atom. The van der Waals surface area contributed by atoms with E-state index in [-0.39, 0.29) is 5.91 Å². The molecule has 1 aromatic heterocycles. The van der Waals surface area contributed by atoms with Crippen LogP contribution >= 0.6 is 11.8 Å². The van der Waals surface area contributed by atoms with E-state index in [1.807, 2.05) is 12.1 Å². The van der Waals surface area contributed by atoms with E-state index in [1.165, 1.54) is 43.9 Å². The molecule has 2 saturated heterocycles. The average Bonchev–Trinajstić information content (AvgIpc) is 3.24. The number of nitrogens with zero attached hydrogens (tertiary/aromatic N) is 1. The maximum atomic E-state index is 11.8. The molecule has 2 aliphatic heterocycles. The molecule has 0 spiro atoms. The molecule has 0 unspecified atom stereocenters. The number of thioether (sulfide) groups is 1. The van der Waals surface area contributed by atoms with Gasteiger partial charge in [-0.3, -0.25) is 9.69 Å². The van der Waals surface area contributed by atoms with Gasteiger partial charge in [0.1, 0.15) is 5.76 Å². The highest BCUT2D eigenvalue weighted by atomic mass is 32.2. The van der Waals surface area contributed by atoms with Crippen LogP contribution in [0.5, 0.6) is 0 Å². The molecule has 2 aliphatic rings. The van der Waals surface area contributed by atoms with Crippen molar-refractivity contribution >= 4 is 23.7 Å². The van der Waals surface area contributed by atoms with E-state index in [9.17, 15) is 4.79 Å². The molecule has 120 valence electrons. The van der Waals surface area contributed by atoms with E-state index in [1.54, 1.807) is 18.4 Å². The van der Waals surface area contributed by atoms with Crippen molar-refractivity contribution in [3.05, 3.63) is 30.2 Å². The molecule has 1 N–H and O–H groups in total. The largest absolute Gasteiger partial charge is 0.465 e. The van der Waals surface area contributed by atoms with E-state index >= 15 is 0 Å². The van der Waals surface area contributed by atoms with Crippen LogP contribution in [0, 0.1) is 5.92 Å². The quantitative estimate of drug-likeness (QED) is 0.847. The number of hydrogen-bond donors (Lipinski definition) is 1. The second-order valence-electron chi connectivity index (χ2n) is 6.09. The molecule has 1 aromatic rings. The van der Waals surface area contributed by atoms with Crippen LogP contribution in [0.15, 0.2) is 28.9 Å². The third-order valence-electron chi connectivity index (χ3n) is 4.58. The predicted molar refractivity (Wildman–Crippen MR) is 90.8 cm³/mol. The fourth-order valence-corrected chi connectivity index (χ4v) is 4.44. The zero-order chi connectivity index (χ0) is 15.2. The molecular weight excluding hydrogens is 296 g/mol. The number of carbonyl (C=O) groups is 1. The van der Waals surface area contributed by atoms with Gasteiger partial charge in [0.25, 0.3) is 0 Å². The van der Waals surface area contributed by atoms with Crippen LogP contribution in [-0.4, -0.2) is 48.0 Å². The first kappa shape index (κ1) is 15.7. The van der Waals surface area contributed by atoms with Crippen LogP contribution in [0.2, 0.25) is 0 Å². The van der Waals surface area contributed by atoms with Crippen molar-refractivity contribution in [1.29, 1.82) is 0 Å². The van der Waals surface area contributed by atoms with Crippen molar-refractivity contribution in [2.45, 2.75) is 25.3 Å². The van der Waals surface area contributed by atoms with Gasteiger partial charge < -0.3 is 9.73 Å². The Balaban J connectivity index is 1.35. The summed E-state index contributed by atoms with van der Waals surface area (Å²) in [4.78, 5) is 14.4. The highest BCUT2D eigenvalue weighted by Crippen LogP contribution is 2.26. The van der Waals surface area contributed by atoms with Gasteiger partial charge in [-0.2, -0.15) is 11.8 Å². The first-order chi connectivity index (χ1) is 10.8. The van der Waals surface area contributed by atoms with Crippen molar-refractivity contribution in [1.82, 2.24) is 10.2 Å². The van der Waals surface area contributed by atoms with Crippen molar-refractivity contribution in [2.75, 3.05) is 31.1 Å². The number of furan rings is 1. The number of carbonyl (C=O) groups excluding carboxylic acids is 1. The maximum Gasteiger partial charge on any atom is 0.244 e. The third kappa shape index (κ3) is 4.40. The lowest BCUT2D eigenvalue weighted by Gasteiger charge is -2.35. The summed E-state index contributed by atoms with van der Waals surface area (Å²) in [6.45, 7) is 3.16. The first-order valence-corrected chi connectivity index (χ1v) is 9.28. The number of rotatable bonds is 5. The van der Waals surface area contributed by atoms with Gasteiger partial charge in [-0.05, 0) is 62.2 Å². The van der Waals surface area contributed by atoms with Gasteiger partial charge in [0, 0.05) is 24.4 Å². The second-order valence-corrected chi connectivity index (χ2v) is 7.24. The van der Waals surface area contributed by atoms with Crippen molar-refractivity contribution in [3.63, 3.8) is 0 Å². The fourth-order valence-electron chi connectivity index (χ4n) is 3.18. The molecule has 5 heteroatoms. The Morgan fingerprint density at radius 3 is 2.95 bits per heavy atom. The Hall–Kier alpha value is -1.20. The zero-order valence-electron chi connectivity index (χ0n) is 12.9. The van der Waals surface area contributed by atoms with E-state index in [2.05, 4.69) is 22.0 Å². The molecule has 0 radical (unpaired) electrons. The van der Waals surface area contributed by atoms with E-state index in [0.717, 1.165) is 12.6 Å². The Kier molecular flexibility index (Phi) is 5.62. The van der Waals surface area contributed by atoms with Gasteiger partial charge >= 0.3 is 0 Å². The van der Waals surface area contributed by atoms with E-state index in [0.29, 0.717) is 11.7 Å². The predicted octanol–water partition coefficient (Wildman–Crippen LogP) is 2.63. The first-order valence-electron chi connectivity index (χ1n) is 8.12. The Bertz CT molecular complexity index is 487. The zero-order valence-corrected chi connectivity index (χ0v) is 13.7. The molecule has 1 atom stereocenters. The molecule has 4 nitrogen and oxygen atoms in total. The van der Waals surface area contributed by atoms with E-state index in [4.69, 9.17) is 4.42 Å². The smallest absolute Gasteiger partial charge is 0.244 e. The highest BCUT2D eigenvalue weighted by molar-refractivity contribution is 7.99. The van der Waals surface area contributed by atoms with Crippen LogP contribution in [0.3, 0.4) is 0 Å². The van der Waals surface area contributed by atoms with Gasteiger partial charge in [-0.15, -0.1) is 0 Å². The summed E-state index contributed by atoms with van der Waals surface area (Å²) in [6, 6.07) is 4.45. The summed E-state index contributed by atoms with van der Waals surface area (Å²) in [5.41, 5.74) is 0. The number of amides is 1. The number of likely N-dealkylation sites (tertiary alicyclic amines) is 1.